The molecule has 0 unspecified atom stereocenters. The molecule has 0 saturated carbocycles. The van der Waals surface area contributed by atoms with Crippen LogP contribution in [0.2, 0.25) is 0 Å². The summed E-state index contributed by atoms with van der Waals surface area (Å²) < 4.78 is 42.1. The Kier molecular flexibility index (Phi) is 3.54. The minimum Gasteiger partial charge on any atom is -0.457 e. The third kappa shape index (κ3) is 2.32. The Bertz CT molecular complexity index is 2050. The number of hydrogen-bond acceptors (Lipinski definition) is 11. The van der Waals surface area contributed by atoms with Gasteiger partial charge in [-0.05, 0) is 38.1 Å². The fourth-order valence-corrected chi connectivity index (χ4v) is 6.54. The fourth-order valence-electron chi connectivity index (χ4n) is 5.42. The molecular formula is C26H10N4O6S2. The smallest absolute Gasteiger partial charge is 0.201 e. The van der Waals surface area contributed by atoms with Gasteiger partial charge in [0.1, 0.15) is 45.4 Å². The van der Waals surface area contributed by atoms with E-state index in [0.29, 0.717) is 102 Å². The van der Waals surface area contributed by atoms with Crippen molar-refractivity contribution in [2.45, 2.75) is 13.8 Å². The van der Waals surface area contributed by atoms with Crippen LogP contribution in [-0.4, -0.2) is 20.3 Å². The first kappa shape index (κ1) is 20.4. The number of ketones is 2. The molecule has 3 aliphatic rings. The summed E-state index contributed by atoms with van der Waals surface area (Å²) in [5.41, 5.74) is 5.10. The predicted octanol–water partition coefficient (Wildman–Crippen LogP) is 7.16. The van der Waals surface area contributed by atoms with E-state index in [0.717, 1.165) is 23.1 Å². The third-order valence-corrected chi connectivity index (χ3v) is 8.04. The van der Waals surface area contributed by atoms with Gasteiger partial charge in [0.25, 0.3) is 0 Å². The SMILES string of the molecule is Cc1cc2c(o1)-c1oc(-c3c4c(c(-c5cc6c(o5)-c5oc(C)cc5C6=O)c5nsnc35)N=S=N4)cc1C2=O. The molecule has 0 N–H and O–H groups in total. The molecule has 0 saturated heterocycles. The van der Waals surface area contributed by atoms with Crippen molar-refractivity contribution >= 4 is 57.1 Å². The maximum atomic E-state index is 13.0. The lowest BCUT2D eigenvalue weighted by Crippen LogP contribution is -1.93. The quantitative estimate of drug-likeness (QED) is 0.226. The molecule has 10 nitrogen and oxygen atoms in total. The number of furan rings is 4. The van der Waals surface area contributed by atoms with E-state index >= 15 is 0 Å². The van der Waals surface area contributed by atoms with E-state index in [9.17, 15) is 9.59 Å². The van der Waals surface area contributed by atoms with E-state index in [1.165, 1.54) is 0 Å². The summed E-state index contributed by atoms with van der Waals surface area (Å²) in [7, 11) is 0. The molecule has 0 fully saturated rings. The summed E-state index contributed by atoms with van der Waals surface area (Å²) in [6.45, 7) is 3.57. The first-order chi connectivity index (χ1) is 18.5. The van der Waals surface area contributed by atoms with Gasteiger partial charge in [0, 0.05) is 0 Å². The van der Waals surface area contributed by atoms with Crippen molar-refractivity contribution in [2.24, 2.45) is 8.73 Å². The maximum absolute atomic E-state index is 13.0. The predicted molar refractivity (Wildman–Crippen MR) is 136 cm³/mol. The number of carbonyl (C=O) groups is 2. The van der Waals surface area contributed by atoms with Crippen LogP contribution in [-0.2, 0) is 11.4 Å². The molecule has 0 radical (unpaired) electrons. The molecular weight excluding hydrogens is 528 g/mol. The third-order valence-electron chi connectivity index (χ3n) is 6.98. The van der Waals surface area contributed by atoms with Gasteiger partial charge in [0.2, 0.25) is 11.6 Å². The van der Waals surface area contributed by atoms with Crippen molar-refractivity contribution in [3.63, 3.8) is 0 Å². The van der Waals surface area contributed by atoms with E-state index in [1.54, 1.807) is 38.1 Å². The lowest BCUT2D eigenvalue weighted by Gasteiger charge is -2.08. The van der Waals surface area contributed by atoms with Gasteiger partial charge in [-0.3, -0.25) is 9.59 Å². The monoisotopic (exact) mass is 538 g/mol. The van der Waals surface area contributed by atoms with Gasteiger partial charge in [-0.1, -0.05) is 0 Å². The summed E-state index contributed by atoms with van der Waals surface area (Å²) in [6, 6.07) is 6.81. The van der Waals surface area contributed by atoms with E-state index in [-0.39, 0.29) is 11.6 Å². The Hall–Kier alpha value is -4.68. The van der Waals surface area contributed by atoms with Crippen LogP contribution in [0.25, 0.3) is 56.7 Å². The zero-order chi connectivity index (χ0) is 25.4. The number of carbonyl (C=O) groups excluding carboxylic acids is 2. The Labute approximate surface area is 219 Å². The number of aryl methyl sites for hydroxylation is 2. The highest BCUT2D eigenvalue weighted by Crippen LogP contribution is 2.55. The van der Waals surface area contributed by atoms with Crippen LogP contribution < -0.4 is 0 Å². The highest BCUT2D eigenvalue weighted by Gasteiger charge is 2.39. The van der Waals surface area contributed by atoms with Crippen molar-refractivity contribution in [2.75, 3.05) is 0 Å². The minimum absolute atomic E-state index is 0.152. The average Bonchev–Trinajstić information content (AvgIpc) is 3.71. The normalized spacial score (nSPS) is 14.3. The molecule has 182 valence electrons. The van der Waals surface area contributed by atoms with Crippen molar-refractivity contribution in [3.8, 4) is 45.7 Å². The standard InChI is InChI=1S/C26H10N4O6S2/c1-7-3-9-21(31)11-5-13(35-25(11)23(9)33-7)15-17-19(29-37-27-17)16(20-18(15)28-38-30-20)14-6-12-22(32)10-4-8(2)34-24(10)26(12)36-14/h3-6H,1-2H3. The van der Waals surface area contributed by atoms with Crippen LogP contribution in [0.1, 0.15) is 43.4 Å². The Morgan fingerprint density at radius 1 is 0.605 bits per heavy atom. The first-order valence-electron chi connectivity index (χ1n) is 11.5. The summed E-state index contributed by atoms with van der Waals surface area (Å²) >= 11 is 2.05. The van der Waals surface area contributed by atoms with Gasteiger partial charge >= 0.3 is 0 Å². The summed E-state index contributed by atoms with van der Waals surface area (Å²) in [5, 5.41) is 0. The van der Waals surface area contributed by atoms with Gasteiger partial charge in [-0.15, -0.1) is 0 Å². The molecule has 6 aromatic rings. The molecule has 6 heterocycles. The van der Waals surface area contributed by atoms with Crippen LogP contribution in [0.3, 0.4) is 0 Å². The summed E-state index contributed by atoms with van der Waals surface area (Å²) in [6.07, 6.45) is 0. The lowest BCUT2D eigenvalue weighted by molar-refractivity contribution is 0.103. The number of fused-ring (bicyclic) bond motifs is 8. The Balaban J connectivity index is 1.28. The van der Waals surface area contributed by atoms with Crippen molar-refractivity contribution in [1.29, 1.82) is 0 Å². The van der Waals surface area contributed by atoms with Gasteiger partial charge in [0.05, 0.1) is 56.5 Å². The fraction of sp³-hybridized carbons (Fsp3) is 0.0769. The van der Waals surface area contributed by atoms with E-state index in [4.69, 9.17) is 17.7 Å². The second-order valence-electron chi connectivity index (χ2n) is 9.24. The Morgan fingerprint density at radius 3 is 1.50 bits per heavy atom. The molecule has 0 atom stereocenters. The molecule has 0 spiro atoms. The number of benzene rings is 1. The molecule has 0 bridgehead atoms. The maximum Gasteiger partial charge on any atom is 0.201 e. The van der Waals surface area contributed by atoms with E-state index in [2.05, 4.69) is 17.5 Å². The second-order valence-corrected chi connectivity index (χ2v) is 10.3. The largest absolute Gasteiger partial charge is 0.457 e. The van der Waals surface area contributed by atoms with Gasteiger partial charge in [0.15, 0.2) is 23.0 Å². The molecule has 2 aliphatic carbocycles. The average molecular weight is 539 g/mol. The van der Waals surface area contributed by atoms with Crippen molar-refractivity contribution < 1.29 is 27.3 Å². The number of nitrogens with zero attached hydrogens (tertiary/aromatic N) is 4. The molecule has 9 rings (SSSR count). The van der Waals surface area contributed by atoms with Gasteiger partial charge in [-0.25, -0.2) is 0 Å². The number of hydrogen-bond donors (Lipinski definition) is 0. The van der Waals surface area contributed by atoms with Crippen LogP contribution in [0, 0.1) is 13.8 Å². The van der Waals surface area contributed by atoms with Crippen LogP contribution >= 0.6 is 11.7 Å². The first-order valence-corrected chi connectivity index (χ1v) is 12.9. The van der Waals surface area contributed by atoms with Crippen LogP contribution in [0.4, 0.5) is 11.4 Å². The zero-order valence-corrected chi connectivity index (χ0v) is 21.0. The van der Waals surface area contributed by atoms with Crippen molar-refractivity contribution in [3.05, 3.63) is 58.0 Å². The number of aromatic nitrogens is 2. The minimum atomic E-state index is -0.152. The van der Waals surface area contributed by atoms with Gasteiger partial charge in [-0.2, -0.15) is 17.5 Å². The van der Waals surface area contributed by atoms with Crippen LogP contribution in [0.15, 0.2) is 50.7 Å². The molecule has 5 aromatic heterocycles. The molecule has 12 heteroatoms. The highest BCUT2D eigenvalue weighted by molar-refractivity contribution is 7.58. The second kappa shape index (κ2) is 6.60. The van der Waals surface area contributed by atoms with Crippen molar-refractivity contribution in [1.82, 2.24) is 8.75 Å². The molecule has 1 aromatic carbocycles. The summed E-state index contributed by atoms with van der Waals surface area (Å²) in [5.74, 6) is 3.41. The van der Waals surface area contributed by atoms with E-state index < -0.39 is 0 Å². The van der Waals surface area contributed by atoms with E-state index in [1.807, 2.05) is 0 Å². The number of rotatable bonds is 2. The summed E-state index contributed by atoms with van der Waals surface area (Å²) in [4.78, 5) is 26.0. The topological polar surface area (TPSA) is 137 Å². The Morgan fingerprint density at radius 2 is 1.03 bits per heavy atom. The zero-order valence-electron chi connectivity index (χ0n) is 19.4. The molecule has 0 amide bonds. The lowest BCUT2D eigenvalue weighted by atomic mass is 9.99. The molecule has 1 aliphatic heterocycles. The van der Waals surface area contributed by atoms with Crippen LogP contribution in [0.5, 0.6) is 0 Å². The molecule has 38 heavy (non-hydrogen) atoms. The van der Waals surface area contributed by atoms with Gasteiger partial charge < -0.3 is 17.7 Å². The highest BCUT2D eigenvalue weighted by atomic mass is 32.1.